The highest BCUT2D eigenvalue weighted by atomic mass is 32.2. The molecule has 0 bridgehead atoms. The SMILES string of the molecule is O=C(O)[C@@H]1CN(C(=O)NCCSC(F)(F)F)C[C@H]1C(F)(F)F. The third-order valence-corrected chi connectivity index (χ3v) is 3.72. The second kappa shape index (κ2) is 6.84. The molecule has 22 heavy (non-hydrogen) atoms. The van der Waals surface area contributed by atoms with E-state index in [2.05, 4.69) is 0 Å². The molecule has 1 heterocycles. The molecule has 2 N–H and O–H groups in total. The fraction of sp³-hybridized carbons (Fsp3) is 0.800. The number of halogens is 6. The maximum Gasteiger partial charge on any atom is 0.441 e. The summed E-state index contributed by atoms with van der Waals surface area (Å²) in [6, 6.07) is -1.01. The molecular formula is C10H12F6N2O3S. The number of aliphatic carboxylic acids is 1. The molecule has 2 amide bonds. The van der Waals surface area contributed by atoms with E-state index in [1.165, 1.54) is 0 Å². The quantitative estimate of drug-likeness (QED) is 0.600. The molecule has 1 fully saturated rings. The van der Waals surface area contributed by atoms with Crippen molar-refractivity contribution in [2.45, 2.75) is 11.7 Å². The van der Waals surface area contributed by atoms with Gasteiger partial charge < -0.3 is 15.3 Å². The second-order valence-electron chi connectivity index (χ2n) is 4.52. The molecule has 2 atom stereocenters. The Kier molecular flexibility index (Phi) is 5.82. The van der Waals surface area contributed by atoms with Crippen LogP contribution in [0, 0.1) is 11.8 Å². The van der Waals surface area contributed by atoms with Crippen molar-refractivity contribution in [3.05, 3.63) is 0 Å². The van der Waals surface area contributed by atoms with Crippen LogP contribution in [-0.2, 0) is 4.79 Å². The Labute approximate surface area is 125 Å². The Balaban J connectivity index is 2.52. The molecule has 0 saturated carbocycles. The van der Waals surface area contributed by atoms with Gasteiger partial charge in [-0.25, -0.2) is 4.79 Å². The molecule has 0 aromatic heterocycles. The third kappa shape index (κ3) is 5.46. The van der Waals surface area contributed by atoms with Gasteiger partial charge in [0.2, 0.25) is 0 Å². The van der Waals surface area contributed by atoms with Crippen molar-refractivity contribution in [1.29, 1.82) is 0 Å². The normalized spacial score (nSPS) is 22.7. The summed E-state index contributed by atoms with van der Waals surface area (Å²) in [6.45, 7) is -1.87. The maximum absolute atomic E-state index is 12.7. The van der Waals surface area contributed by atoms with E-state index >= 15 is 0 Å². The van der Waals surface area contributed by atoms with E-state index in [0.29, 0.717) is 4.90 Å². The van der Waals surface area contributed by atoms with Gasteiger partial charge in [0.1, 0.15) is 0 Å². The highest BCUT2D eigenvalue weighted by molar-refractivity contribution is 8.00. The van der Waals surface area contributed by atoms with E-state index in [0.717, 1.165) is 0 Å². The first kappa shape index (κ1) is 18.7. The van der Waals surface area contributed by atoms with Crippen LogP contribution in [0.1, 0.15) is 0 Å². The molecule has 1 rings (SSSR count). The summed E-state index contributed by atoms with van der Waals surface area (Å²) in [6.07, 6.45) is -4.77. The molecule has 1 aliphatic rings. The fourth-order valence-corrected chi connectivity index (χ4v) is 2.42. The second-order valence-corrected chi connectivity index (χ2v) is 5.68. The fourth-order valence-electron chi connectivity index (χ4n) is 1.99. The van der Waals surface area contributed by atoms with Crippen molar-refractivity contribution in [2.75, 3.05) is 25.4 Å². The van der Waals surface area contributed by atoms with Gasteiger partial charge in [0.05, 0.1) is 11.8 Å². The van der Waals surface area contributed by atoms with Gasteiger partial charge in [-0.1, -0.05) is 0 Å². The zero-order chi connectivity index (χ0) is 17.1. The van der Waals surface area contributed by atoms with Crippen molar-refractivity contribution in [1.82, 2.24) is 10.2 Å². The number of carboxylic acids is 1. The lowest BCUT2D eigenvalue weighted by atomic mass is 9.96. The number of amides is 2. The minimum atomic E-state index is -4.77. The standard InChI is InChI=1S/C10H12F6N2O3S/c11-9(12,13)6-4-18(3-5(6)7(19)20)8(21)17-1-2-22-10(14,15)16/h5-6H,1-4H2,(H,17,21)(H,19,20)/t5-,6-/m1/s1. The zero-order valence-corrected chi connectivity index (χ0v) is 11.7. The molecule has 0 aliphatic carbocycles. The molecular weight excluding hydrogens is 342 g/mol. The number of thioether (sulfide) groups is 1. The monoisotopic (exact) mass is 354 g/mol. The molecule has 0 aromatic carbocycles. The number of carbonyl (C=O) groups excluding carboxylic acids is 1. The van der Waals surface area contributed by atoms with Gasteiger partial charge in [-0.3, -0.25) is 4.79 Å². The van der Waals surface area contributed by atoms with Crippen LogP contribution in [0.5, 0.6) is 0 Å². The van der Waals surface area contributed by atoms with Gasteiger partial charge in [0, 0.05) is 25.4 Å². The van der Waals surface area contributed by atoms with Gasteiger partial charge in [-0.05, 0) is 11.8 Å². The third-order valence-electron chi connectivity index (χ3n) is 2.99. The van der Waals surface area contributed by atoms with E-state index in [1.54, 1.807) is 0 Å². The maximum atomic E-state index is 12.7. The summed E-state index contributed by atoms with van der Waals surface area (Å²) in [4.78, 5) is 23.0. The number of alkyl halides is 6. The molecule has 0 radical (unpaired) electrons. The van der Waals surface area contributed by atoms with Gasteiger partial charge in [0.25, 0.3) is 0 Å². The van der Waals surface area contributed by atoms with Crippen LogP contribution in [0.3, 0.4) is 0 Å². The minimum Gasteiger partial charge on any atom is -0.481 e. The number of likely N-dealkylation sites (tertiary alicyclic amines) is 1. The number of nitrogens with one attached hydrogen (secondary N) is 1. The molecule has 5 nitrogen and oxygen atoms in total. The van der Waals surface area contributed by atoms with Crippen molar-refractivity contribution in [3.63, 3.8) is 0 Å². The topological polar surface area (TPSA) is 69.6 Å². The molecule has 0 aromatic rings. The first-order chi connectivity index (χ1) is 9.92. The first-order valence-corrected chi connectivity index (χ1v) is 6.93. The summed E-state index contributed by atoms with van der Waals surface area (Å²) in [5.41, 5.74) is -4.46. The van der Waals surface area contributed by atoms with E-state index in [9.17, 15) is 35.9 Å². The van der Waals surface area contributed by atoms with E-state index in [4.69, 9.17) is 5.11 Å². The van der Waals surface area contributed by atoms with Gasteiger partial charge in [-0.2, -0.15) is 26.3 Å². The smallest absolute Gasteiger partial charge is 0.441 e. The van der Waals surface area contributed by atoms with Crippen LogP contribution in [0.25, 0.3) is 0 Å². The Hall–Kier alpha value is -1.33. The van der Waals surface area contributed by atoms with Crippen LogP contribution in [0.2, 0.25) is 0 Å². The number of hydrogen-bond acceptors (Lipinski definition) is 3. The summed E-state index contributed by atoms with van der Waals surface area (Å²) in [7, 11) is 0. The number of carboxylic acid groups (broad SMARTS) is 1. The molecule has 1 saturated heterocycles. The van der Waals surface area contributed by atoms with Crippen LogP contribution >= 0.6 is 11.8 Å². The first-order valence-electron chi connectivity index (χ1n) is 5.95. The summed E-state index contributed by atoms with van der Waals surface area (Å²) >= 11 is -0.379. The average molecular weight is 354 g/mol. The van der Waals surface area contributed by atoms with E-state index < -0.39 is 60.9 Å². The number of hydrogen-bond donors (Lipinski definition) is 2. The van der Waals surface area contributed by atoms with Crippen LogP contribution in [0.4, 0.5) is 31.1 Å². The van der Waals surface area contributed by atoms with Crippen molar-refractivity contribution in [3.8, 4) is 0 Å². The Bertz CT molecular complexity index is 428. The Morgan fingerprint density at radius 3 is 2.18 bits per heavy atom. The lowest BCUT2D eigenvalue weighted by Crippen LogP contribution is -2.40. The molecule has 12 heteroatoms. The summed E-state index contributed by atoms with van der Waals surface area (Å²) in [5.74, 6) is -6.14. The summed E-state index contributed by atoms with van der Waals surface area (Å²) < 4.78 is 73.6. The molecule has 0 unspecified atom stereocenters. The number of nitrogens with zero attached hydrogens (tertiary/aromatic N) is 1. The van der Waals surface area contributed by atoms with E-state index in [-0.39, 0.29) is 11.8 Å². The Morgan fingerprint density at radius 2 is 1.77 bits per heavy atom. The Morgan fingerprint density at radius 1 is 1.18 bits per heavy atom. The minimum absolute atomic E-state index is 0.379. The average Bonchev–Trinajstić information content (AvgIpc) is 2.78. The van der Waals surface area contributed by atoms with Gasteiger partial charge in [0.15, 0.2) is 0 Å². The van der Waals surface area contributed by atoms with Gasteiger partial charge in [-0.15, -0.1) is 0 Å². The van der Waals surface area contributed by atoms with E-state index in [1.807, 2.05) is 5.32 Å². The van der Waals surface area contributed by atoms with Crippen molar-refractivity contribution in [2.24, 2.45) is 11.8 Å². The summed E-state index contributed by atoms with van der Waals surface area (Å²) in [5, 5.41) is 10.8. The van der Waals surface area contributed by atoms with Crippen LogP contribution in [0.15, 0.2) is 0 Å². The molecule has 1 aliphatic heterocycles. The van der Waals surface area contributed by atoms with Gasteiger partial charge >= 0.3 is 23.7 Å². The predicted molar refractivity (Wildman–Crippen MR) is 64.2 cm³/mol. The largest absolute Gasteiger partial charge is 0.481 e. The highest BCUT2D eigenvalue weighted by Gasteiger charge is 2.53. The van der Waals surface area contributed by atoms with Crippen molar-refractivity contribution < 1.29 is 41.0 Å². The van der Waals surface area contributed by atoms with Crippen molar-refractivity contribution >= 4 is 23.8 Å². The van der Waals surface area contributed by atoms with Crippen LogP contribution < -0.4 is 5.32 Å². The molecule has 0 spiro atoms. The molecule has 128 valence electrons. The number of rotatable bonds is 4. The number of carbonyl (C=O) groups is 2. The predicted octanol–water partition coefficient (Wildman–Crippen LogP) is 2.14. The lowest BCUT2D eigenvalue weighted by molar-refractivity contribution is -0.187. The lowest BCUT2D eigenvalue weighted by Gasteiger charge is -2.18. The number of urea groups is 1. The van der Waals surface area contributed by atoms with Crippen LogP contribution in [-0.4, -0.2) is 59.1 Å². The highest BCUT2D eigenvalue weighted by Crippen LogP contribution is 2.37. The zero-order valence-electron chi connectivity index (χ0n) is 10.9.